The molecule has 25 heavy (non-hydrogen) atoms. The van der Waals surface area contributed by atoms with E-state index in [-0.39, 0.29) is 35.5 Å². The predicted octanol–water partition coefficient (Wildman–Crippen LogP) is 2.66. The van der Waals surface area contributed by atoms with Gasteiger partial charge in [-0.3, -0.25) is 9.59 Å². The molecule has 0 spiro atoms. The summed E-state index contributed by atoms with van der Waals surface area (Å²) in [7, 11) is 0. The van der Waals surface area contributed by atoms with Gasteiger partial charge in [0.25, 0.3) is 11.5 Å². The van der Waals surface area contributed by atoms with Gasteiger partial charge in [0, 0.05) is 24.8 Å². The summed E-state index contributed by atoms with van der Waals surface area (Å²) in [4.78, 5) is 29.5. The maximum Gasteiger partial charge on any atom is 0.261 e. The van der Waals surface area contributed by atoms with Gasteiger partial charge in [-0.25, -0.2) is 0 Å². The number of aromatic nitrogens is 1. The highest BCUT2D eigenvalue weighted by molar-refractivity contribution is 5.94. The van der Waals surface area contributed by atoms with Crippen molar-refractivity contribution in [2.75, 3.05) is 13.1 Å². The molecule has 0 radical (unpaired) electrons. The number of amides is 1. The number of benzene rings is 1. The second kappa shape index (κ2) is 8.32. The van der Waals surface area contributed by atoms with Crippen LogP contribution in [0.15, 0.2) is 47.3 Å². The average Bonchev–Trinajstić information content (AvgIpc) is 2.62. The van der Waals surface area contributed by atoms with Gasteiger partial charge in [0.15, 0.2) is 0 Å². The molecule has 3 N–H and O–H groups in total. The Balaban J connectivity index is 0.00000225. The van der Waals surface area contributed by atoms with Gasteiger partial charge in [-0.1, -0.05) is 30.3 Å². The van der Waals surface area contributed by atoms with E-state index in [9.17, 15) is 9.59 Å². The summed E-state index contributed by atoms with van der Waals surface area (Å²) < 4.78 is 0. The van der Waals surface area contributed by atoms with E-state index >= 15 is 0 Å². The Labute approximate surface area is 153 Å². The van der Waals surface area contributed by atoms with E-state index in [0.29, 0.717) is 24.7 Å². The maximum atomic E-state index is 12.6. The van der Waals surface area contributed by atoms with Crippen molar-refractivity contribution in [2.45, 2.75) is 25.8 Å². The summed E-state index contributed by atoms with van der Waals surface area (Å²) >= 11 is 0. The van der Waals surface area contributed by atoms with Crippen LogP contribution in [0.2, 0.25) is 0 Å². The molecule has 1 aliphatic rings. The van der Waals surface area contributed by atoms with Gasteiger partial charge in [0.05, 0.1) is 0 Å². The van der Waals surface area contributed by atoms with E-state index in [1.54, 1.807) is 17.0 Å². The third-order valence-electron chi connectivity index (χ3n) is 4.80. The smallest absolute Gasteiger partial charge is 0.261 e. The minimum atomic E-state index is -0.337. The third-order valence-corrected chi connectivity index (χ3v) is 4.80. The summed E-state index contributed by atoms with van der Waals surface area (Å²) in [5, 5.41) is 0. The van der Waals surface area contributed by atoms with Crippen molar-refractivity contribution in [3.05, 3.63) is 58.4 Å². The average molecular weight is 362 g/mol. The molecular weight excluding hydrogens is 338 g/mol. The van der Waals surface area contributed by atoms with Crippen molar-refractivity contribution < 1.29 is 4.79 Å². The molecule has 1 saturated heterocycles. The third kappa shape index (κ3) is 4.30. The summed E-state index contributed by atoms with van der Waals surface area (Å²) in [6.45, 7) is 3.32. The van der Waals surface area contributed by atoms with Gasteiger partial charge in [-0.2, -0.15) is 0 Å². The molecule has 5 nitrogen and oxygen atoms in total. The highest BCUT2D eigenvalue weighted by Gasteiger charge is 2.26. The minimum Gasteiger partial charge on any atom is -0.338 e. The number of H-pyrrole nitrogens is 1. The largest absolute Gasteiger partial charge is 0.338 e. The quantitative estimate of drug-likeness (QED) is 0.882. The first kappa shape index (κ1) is 19.2. The molecule has 0 bridgehead atoms. The molecule has 1 fully saturated rings. The van der Waals surface area contributed by atoms with Gasteiger partial charge in [0.2, 0.25) is 0 Å². The monoisotopic (exact) mass is 361 g/mol. The lowest BCUT2D eigenvalue weighted by molar-refractivity contribution is 0.0679. The number of piperidine rings is 1. The second-order valence-electron chi connectivity index (χ2n) is 6.47. The van der Waals surface area contributed by atoms with Gasteiger partial charge in [0.1, 0.15) is 5.56 Å². The Kier molecular flexibility index (Phi) is 6.39. The summed E-state index contributed by atoms with van der Waals surface area (Å²) in [6.07, 6.45) is 1.78. The zero-order valence-corrected chi connectivity index (χ0v) is 15.1. The summed E-state index contributed by atoms with van der Waals surface area (Å²) in [6, 6.07) is 13.2. The Morgan fingerprint density at radius 1 is 1.16 bits per heavy atom. The van der Waals surface area contributed by atoms with Crippen molar-refractivity contribution in [1.82, 2.24) is 9.88 Å². The Morgan fingerprint density at radius 2 is 1.80 bits per heavy atom. The molecule has 1 aromatic carbocycles. The van der Waals surface area contributed by atoms with Crippen LogP contribution < -0.4 is 11.3 Å². The highest BCUT2D eigenvalue weighted by atomic mass is 35.5. The van der Waals surface area contributed by atoms with E-state index in [0.717, 1.165) is 18.4 Å². The number of hydrogen-bond acceptors (Lipinski definition) is 3. The molecule has 1 amide bonds. The first-order valence-electron chi connectivity index (χ1n) is 8.40. The zero-order chi connectivity index (χ0) is 17.1. The van der Waals surface area contributed by atoms with Crippen LogP contribution in [0, 0.1) is 5.92 Å². The zero-order valence-electron chi connectivity index (χ0n) is 14.3. The number of rotatable bonds is 3. The number of halogens is 1. The number of likely N-dealkylation sites (tertiary alicyclic amines) is 1. The minimum absolute atomic E-state index is 0. The van der Waals surface area contributed by atoms with Crippen molar-refractivity contribution in [1.29, 1.82) is 0 Å². The molecule has 0 saturated carbocycles. The van der Waals surface area contributed by atoms with Gasteiger partial charge >= 0.3 is 0 Å². The van der Waals surface area contributed by atoms with Crippen LogP contribution in [0.1, 0.15) is 30.1 Å². The summed E-state index contributed by atoms with van der Waals surface area (Å²) in [5.74, 6) is 0.256. The standard InChI is InChI=1S/C19H23N3O2.ClH/c1-13(20)14-9-11-22(12-10-14)19(24)16-7-8-17(21-18(16)23)15-5-3-2-4-6-15;/h2-8,13-14H,9-12,20H2,1H3,(H,21,23);1H. The number of pyridine rings is 1. The van der Waals surface area contributed by atoms with Gasteiger partial charge < -0.3 is 15.6 Å². The molecule has 2 heterocycles. The molecule has 1 unspecified atom stereocenters. The lowest BCUT2D eigenvalue weighted by Gasteiger charge is -2.33. The lowest BCUT2D eigenvalue weighted by Crippen LogP contribution is -2.43. The molecule has 3 rings (SSSR count). The van der Waals surface area contributed by atoms with Crippen LogP contribution in [0.3, 0.4) is 0 Å². The molecule has 1 atom stereocenters. The SMILES string of the molecule is CC(N)C1CCN(C(=O)c2ccc(-c3ccccc3)[nH]c2=O)CC1.Cl. The number of hydrogen-bond donors (Lipinski definition) is 2. The fraction of sp³-hybridized carbons (Fsp3) is 0.368. The predicted molar refractivity (Wildman–Crippen MR) is 102 cm³/mol. The first-order valence-corrected chi connectivity index (χ1v) is 8.40. The number of carbonyl (C=O) groups is 1. The Bertz CT molecular complexity index is 766. The van der Waals surface area contributed by atoms with E-state index in [1.807, 2.05) is 37.3 Å². The topological polar surface area (TPSA) is 79.2 Å². The van der Waals surface area contributed by atoms with Crippen LogP contribution >= 0.6 is 12.4 Å². The van der Waals surface area contributed by atoms with Crippen LogP contribution in [-0.2, 0) is 0 Å². The Hall–Kier alpha value is -2.11. The normalized spacial score (nSPS) is 16.2. The summed E-state index contributed by atoms with van der Waals surface area (Å²) in [5.41, 5.74) is 7.44. The van der Waals surface area contributed by atoms with E-state index in [2.05, 4.69) is 4.98 Å². The van der Waals surface area contributed by atoms with E-state index in [1.165, 1.54) is 0 Å². The molecule has 1 aromatic heterocycles. The number of aromatic amines is 1. The molecular formula is C19H24ClN3O2. The van der Waals surface area contributed by atoms with Gasteiger partial charge in [-0.05, 0) is 43.4 Å². The Morgan fingerprint density at radius 3 is 2.36 bits per heavy atom. The fourth-order valence-corrected chi connectivity index (χ4v) is 3.23. The van der Waals surface area contributed by atoms with Crippen molar-refractivity contribution in [2.24, 2.45) is 11.7 Å². The van der Waals surface area contributed by atoms with Crippen molar-refractivity contribution in [3.63, 3.8) is 0 Å². The fourth-order valence-electron chi connectivity index (χ4n) is 3.23. The number of carbonyl (C=O) groups excluding carboxylic acids is 1. The number of nitrogens with two attached hydrogens (primary N) is 1. The van der Waals surface area contributed by atoms with E-state index in [4.69, 9.17) is 5.73 Å². The maximum absolute atomic E-state index is 12.6. The lowest BCUT2D eigenvalue weighted by atomic mass is 9.91. The van der Waals surface area contributed by atoms with Gasteiger partial charge in [-0.15, -0.1) is 12.4 Å². The van der Waals surface area contributed by atoms with Crippen LogP contribution in [-0.4, -0.2) is 34.9 Å². The molecule has 6 heteroatoms. The second-order valence-corrected chi connectivity index (χ2v) is 6.47. The number of nitrogens with zero attached hydrogens (tertiary/aromatic N) is 1. The van der Waals surface area contributed by atoms with Crippen molar-refractivity contribution in [3.8, 4) is 11.3 Å². The van der Waals surface area contributed by atoms with Crippen molar-refractivity contribution >= 4 is 18.3 Å². The van der Waals surface area contributed by atoms with E-state index < -0.39 is 0 Å². The van der Waals surface area contributed by atoms with Crippen LogP contribution in [0.25, 0.3) is 11.3 Å². The molecule has 134 valence electrons. The molecule has 1 aliphatic heterocycles. The van der Waals surface area contributed by atoms with Crippen LogP contribution in [0.4, 0.5) is 0 Å². The molecule has 2 aromatic rings. The highest BCUT2D eigenvalue weighted by Crippen LogP contribution is 2.21. The first-order chi connectivity index (χ1) is 11.6. The molecule has 0 aliphatic carbocycles. The number of nitrogens with one attached hydrogen (secondary N) is 1. The van der Waals surface area contributed by atoms with Crippen LogP contribution in [0.5, 0.6) is 0 Å².